The van der Waals surface area contributed by atoms with Crippen LogP contribution in [0.25, 0.3) is 0 Å². The minimum absolute atomic E-state index is 0.0703. The maximum absolute atomic E-state index is 12.7. The van der Waals surface area contributed by atoms with Crippen molar-refractivity contribution < 1.29 is 19.1 Å². The molecule has 138 valence electrons. The minimum Gasteiger partial charge on any atom is -0.465 e. The molecule has 0 unspecified atom stereocenters. The quantitative estimate of drug-likeness (QED) is 0.509. The molecule has 0 saturated carbocycles. The van der Waals surface area contributed by atoms with Gasteiger partial charge in [-0.3, -0.25) is 0 Å². The van der Waals surface area contributed by atoms with Crippen LogP contribution in [0.5, 0.6) is 5.75 Å². The van der Waals surface area contributed by atoms with Crippen LogP contribution < -0.4 is 4.74 Å². The first-order valence-electron chi connectivity index (χ1n) is 8.49. The summed E-state index contributed by atoms with van der Waals surface area (Å²) in [4.78, 5) is 28.4. The molecule has 0 N–H and O–H groups in total. The van der Waals surface area contributed by atoms with Crippen LogP contribution in [0.1, 0.15) is 44.9 Å². The van der Waals surface area contributed by atoms with Gasteiger partial charge < -0.3 is 14.0 Å². The van der Waals surface area contributed by atoms with Crippen molar-refractivity contribution in [3.8, 4) is 5.75 Å². The van der Waals surface area contributed by atoms with Gasteiger partial charge in [-0.25, -0.2) is 14.6 Å². The van der Waals surface area contributed by atoms with Crippen LogP contribution in [0.15, 0.2) is 61.1 Å². The van der Waals surface area contributed by atoms with Gasteiger partial charge in [-0.05, 0) is 43.2 Å². The number of benzene rings is 2. The van der Waals surface area contributed by atoms with Crippen LogP contribution in [-0.4, -0.2) is 28.6 Å². The zero-order chi connectivity index (χ0) is 19.4. The van der Waals surface area contributed by atoms with Gasteiger partial charge in [-0.15, -0.1) is 0 Å². The van der Waals surface area contributed by atoms with E-state index in [1.165, 1.54) is 13.3 Å². The van der Waals surface area contributed by atoms with E-state index in [2.05, 4.69) is 4.98 Å². The number of esters is 2. The lowest BCUT2D eigenvalue weighted by Crippen LogP contribution is -2.18. The van der Waals surface area contributed by atoms with Crippen LogP contribution in [0.2, 0.25) is 0 Å². The Kier molecular flexibility index (Phi) is 5.35. The van der Waals surface area contributed by atoms with Crippen molar-refractivity contribution in [1.82, 2.24) is 9.55 Å². The van der Waals surface area contributed by atoms with Crippen molar-refractivity contribution in [2.45, 2.75) is 19.9 Å². The summed E-state index contributed by atoms with van der Waals surface area (Å²) in [5.74, 6) is -0.567. The van der Waals surface area contributed by atoms with Gasteiger partial charge in [0.15, 0.2) is 0 Å². The highest BCUT2D eigenvalue weighted by molar-refractivity contribution is 5.91. The number of hydrogen-bond acceptors (Lipinski definition) is 5. The van der Waals surface area contributed by atoms with Gasteiger partial charge in [-0.1, -0.05) is 30.3 Å². The fourth-order valence-corrected chi connectivity index (χ4v) is 2.82. The van der Waals surface area contributed by atoms with E-state index >= 15 is 0 Å². The number of ether oxygens (including phenoxy) is 2. The molecular formula is C21H20N2O4. The van der Waals surface area contributed by atoms with Crippen molar-refractivity contribution in [2.24, 2.45) is 0 Å². The Hall–Kier alpha value is -3.41. The number of carbonyl (C=O) groups excluding carboxylic acids is 2. The fraction of sp³-hybridized carbons (Fsp3) is 0.190. The standard InChI is InChI=1S/C21H20N2O4/c1-14-11-17(20(24)26-3)9-10-19(14)27-21(25)18-12-22-13-23(18)15(2)16-7-5-4-6-8-16/h4-13,15H,1-3H3/t15-/m1/s1. The van der Waals surface area contributed by atoms with Crippen LogP contribution in [-0.2, 0) is 4.74 Å². The van der Waals surface area contributed by atoms with Gasteiger partial charge in [0.2, 0.25) is 0 Å². The van der Waals surface area contributed by atoms with Crippen LogP contribution in [0, 0.1) is 6.92 Å². The molecule has 0 amide bonds. The minimum atomic E-state index is -0.510. The number of aromatic nitrogens is 2. The Labute approximate surface area is 157 Å². The second-order valence-electron chi connectivity index (χ2n) is 6.13. The molecule has 27 heavy (non-hydrogen) atoms. The Morgan fingerprint density at radius 2 is 1.81 bits per heavy atom. The van der Waals surface area contributed by atoms with E-state index in [1.807, 2.05) is 37.3 Å². The molecule has 3 rings (SSSR count). The lowest BCUT2D eigenvalue weighted by Gasteiger charge is -2.16. The highest BCUT2D eigenvalue weighted by atomic mass is 16.5. The summed E-state index contributed by atoms with van der Waals surface area (Å²) in [6.07, 6.45) is 3.10. The van der Waals surface area contributed by atoms with E-state index < -0.39 is 11.9 Å². The van der Waals surface area contributed by atoms with Crippen LogP contribution >= 0.6 is 0 Å². The third-order valence-corrected chi connectivity index (χ3v) is 4.37. The molecule has 1 heterocycles. The summed E-state index contributed by atoms with van der Waals surface area (Å²) in [5, 5.41) is 0. The first kappa shape index (κ1) is 18.4. The number of hydrogen-bond donors (Lipinski definition) is 0. The Bertz CT molecular complexity index is 963. The predicted molar refractivity (Wildman–Crippen MR) is 100.0 cm³/mol. The molecule has 0 bridgehead atoms. The van der Waals surface area contributed by atoms with Gasteiger partial charge in [0.25, 0.3) is 0 Å². The van der Waals surface area contributed by atoms with E-state index in [0.29, 0.717) is 22.6 Å². The van der Waals surface area contributed by atoms with Gasteiger partial charge >= 0.3 is 11.9 Å². The van der Waals surface area contributed by atoms with Crippen molar-refractivity contribution in [1.29, 1.82) is 0 Å². The molecule has 0 radical (unpaired) electrons. The van der Waals surface area contributed by atoms with E-state index in [0.717, 1.165) is 5.56 Å². The molecule has 6 nitrogen and oxygen atoms in total. The molecule has 0 aliphatic rings. The molecule has 0 spiro atoms. The molecule has 0 fully saturated rings. The molecule has 1 aromatic heterocycles. The Balaban J connectivity index is 1.82. The summed E-state index contributed by atoms with van der Waals surface area (Å²) in [6, 6.07) is 14.5. The molecule has 0 aliphatic heterocycles. The van der Waals surface area contributed by atoms with E-state index in [9.17, 15) is 9.59 Å². The molecule has 0 saturated heterocycles. The summed E-state index contributed by atoms with van der Waals surface area (Å²) < 4.78 is 12.0. The fourth-order valence-electron chi connectivity index (χ4n) is 2.82. The molecule has 0 aliphatic carbocycles. The van der Waals surface area contributed by atoms with E-state index in [-0.39, 0.29) is 6.04 Å². The maximum Gasteiger partial charge on any atom is 0.362 e. The summed E-state index contributed by atoms with van der Waals surface area (Å²) in [6.45, 7) is 3.75. The number of imidazole rings is 1. The monoisotopic (exact) mass is 364 g/mol. The van der Waals surface area contributed by atoms with Gasteiger partial charge in [0, 0.05) is 0 Å². The number of nitrogens with zero attached hydrogens (tertiary/aromatic N) is 2. The molecular weight excluding hydrogens is 344 g/mol. The lowest BCUT2D eigenvalue weighted by molar-refractivity contribution is 0.0600. The van der Waals surface area contributed by atoms with Crippen molar-refractivity contribution in [3.63, 3.8) is 0 Å². The van der Waals surface area contributed by atoms with Gasteiger partial charge in [-0.2, -0.15) is 0 Å². The molecule has 3 aromatic rings. The summed E-state index contributed by atoms with van der Waals surface area (Å²) in [5.41, 5.74) is 2.47. The highest BCUT2D eigenvalue weighted by Gasteiger charge is 2.20. The normalized spacial score (nSPS) is 11.7. The second-order valence-corrected chi connectivity index (χ2v) is 6.13. The first-order chi connectivity index (χ1) is 13.0. The zero-order valence-electron chi connectivity index (χ0n) is 15.4. The Morgan fingerprint density at radius 1 is 1.07 bits per heavy atom. The lowest BCUT2D eigenvalue weighted by atomic mass is 10.1. The van der Waals surface area contributed by atoms with Crippen molar-refractivity contribution in [3.05, 3.63) is 83.4 Å². The molecule has 6 heteroatoms. The first-order valence-corrected chi connectivity index (χ1v) is 8.49. The van der Waals surface area contributed by atoms with Crippen molar-refractivity contribution >= 4 is 11.9 Å². The topological polar surface area (TPSA) is 70.4 Å². The average Bonchev–Trinajstić information content (AvgIpc) is 3.19. The predicted octanol–water partition coefficient (Wildman–Crippen LogP) is 3.81. The third-order valence-electron chi connectivity index (χ3n) is 4.37. The van der Waals surface area contributed by atoms with Crippen LogP contribution in [0.3, 0.4) is 0 Å². The average molecular weight is 364 g/mol. The van der Waals surface area contributed by atoms with E-state index in [4.69, 9.17) is 9.47 Å². The maximum atomic E-state index is 12.7. The van der Waals surface area contributed by atoms with Crippen LogP contribution in [0.4, 0.5) is 0 Å². The smallest absolute Gasteiger partial charge is 0.362 e. The van der Waals surface area contributed by atoms with Gasteiger partial charge in [0.05, 0.1) is 31.2 Å². The van der Waals surface area contributed by atoms with Gasteiger partial charge in [0.1, 0.15) is 11.4 Å². The highest BCUT2D eigenvalue weighted by Crippen LogP contribution is 2.23. The second kappa shape index (κ2) is 7.86. The number of methoxy groups -OCH3 is 1. The third kappa shape index (κ3) is 3.89. The Morgan fingerprint density at radius 3 is 2.48 bits per heavy atom. The number of carbonyl (C=O) groups is 2. The molecule has 2 aromatic carbocycles. The SMILES string of the molecule is COC(=O)c1ccc(OC(=O)c2cncn2[C@H](C)c2ccccc2)c(C)c1. The molecule has 1 atom stereocenters. The number of rotatable bonds is 5. The van der Waals surface area contributed by atoms with Crippen molar-refractivity contribution in [2.75, 3.05) is 7.11 Å². The zero-order valence-corrected chi connectivity index (χ0v) is 15.4. The number of aryl methyl sites for hydroxylation is 1. The summed E-state index contributed by atoms with van der Waals surface area (Å²) >= 11 is 0. The summed E-state index contributed by atoms with van der Waals surface area (Å²) in [7, 11) is 1.32. The largest absolute Gasteiger partial charge is 0.465 e. The van der Waals surface area contributed by atoms with E-state index in [1.54, 1.807) is 36.0 Å².